The van der Waals surface area contributed by atoms with Crippen molar-refractivity contribution in [1.29, 1.82) is 0 Å². The van der Waals surface area contributed by atoms with Crippen LogP contribution in [0.25, 0.3) is 5.32 Å². The molecule has 2 fully saturated rings. The van der Waals surface area contributed by atoms with Crippen molar-refractivity contribution in [2.45, 2.75) is 46.1 Å². The van der Waals surface area contributed by atoms with Gasteiger partial charge in [0.15, 0.2) is 0 Å². The molecule has 2 atom stereocenters. The van der Waals surface area contributed by atoms with E-state index in [1.165, 1.54) is 19.3 Å². The molecule has 0 spiro atoms. The Morgan fingerprint density at radius 3 is 2.42 bits per heavy atom. The molecule has 2 aliphatic rings. The Balaban J connectivity index is 0.000000720. The minimum absolute atomic E-state index is 0. The first-order valence-electron chi connectivity index (χ1n) is 4.66. The molecule has 0 aromatic heterocycles. The molecule has 1 saturated heterocycles. The summed E-state index contributed by atoms with van der Waals surface area (Å²) in [4.78, 5) is 0. The van der Waals surface area contributed by atoms with E-state index in [4.69, 9.17) is 0 Å². The van der Waals surface area contributed by atoms with Gasteiger partial charge in [0.25, 0.3) is 0 Å². The average molecular weight is 159 g/mol. The average Bonchev–Trinajstić information content (AvgIpc) is 2.03. The van der Waals surface area contributed by atoms with E-state index in [0.717, 1.165) is 6.54 Å². The van der Waals surface area contributed by atoms with Crippen molar-refractivity contribution >= 4 is 0 Å². The summed E-state index contributed by atoms with van der Waals surface area (Å²) in [7, 11) is 0. The van der Waals surface area contributed by atoms with Crippen LogP contribution in [-0.2, 0) is 0 Å². The quantitative estimate of drug-likeness (QED) is 0.440. The van der Waals surface area contributed by atoms with E-state index in [1.807, 2.05) is 0 Å². The molecular weight excluding hydrogens is 141 g/mol. The van der Waals surface area contributed by atoms with Gasteiger partial charge < -0.3 is 5.32 Å². The van der Waals surface area contributed by atoms with Gasteiger partial charge in [-0.3, -0.25) is 0 Å². The SMILES string of the molecule is CC1(C)CC2CC(C)(C[N-]2)C1.[Li+]. The second-order valence-corrected chi connectivity index (χ2v) is 5.55. The molecule has 0 radical (unpaired) electrons. The van der Waals surface area contributed by atoms with Gasteiger partial charge in [0.2, 0.25) is 0 Å². The maximum Gasteiger partial charge on any atom is 1.00 e. The molecule has 1 aliphatic heterocycles. The molecule has 0 amide bonds. The van der Waals surface area contributed by atoms with E-state index in [-0.39, 0.29) is 18.9 Å². The van der Waals surface area contributed by atoms with Crippen LogP contribution in [0.5, 0.6) is 0 Å². The van der Waals surface area contributed by atoms with Crippen molar-refractivity contribution in [3.63, 3.8) is 0 Å². The largest absolute Gasteiger partial charge is 1.00 e. The first-order valence-corrected chi connectivity index (χ1v) is 4.66. The summed E-state index contributed by atoms with van der Waals surface area (Å²) in [6.45, 7) is 8.30. The standard InChI is InChI=1S/C10H18N.Li/c1-9(2)4-8-5-10(3,6-9)7-11-8;/h8H,4-7H2,1-3H3;/q-1;+1. The molecule has 2 rings (SSSR count). The molecule has 1 nitrogen and oxygen atoms in total. The van der Waals surface area contributed by atoms with E-state index in [0.29, 0.717) is 16.9 Å². The first kappa shape index (κ1) is 10.6. The molecule has 64 valence electrons. The third kappa shape index (κ3) is 1.90. The third-order valence-corrected chi connectivity index (χ3v) is 3.15. The predicted octanol–water partition coefficient (Wildman–Crippen LogP) is -0.0373. The number of hydrogen-bond donors (Lipinski definition) is 0. The van der Waals surface area contributed by atoms with E-state index in [1.54, 1.807) is 0 Å². The van der Waals surface area contributed by atoms with Gasteiger partial charge in [-0.1, -0.05) is 39.0 Å². The van der Waals surface area contributed by atoms with Crippen molar-refractivity contribution in [2.24, 2.45) is 10.8 Å². The molecule has 1 saturated carbocycles. The molecule has 2 unspecified atom stereocenters. The molecule has 12 heavy (non-hydrogen) atoms. The zero-order valence-electron chi connectivity index (χ0n) is 8.85. The summed E-state index contributed by atoms with van der Waals surface area (Å²) in [5.41, 5.74) is 1.12. The molecule has 1 heterocycles. The fourth-order valence-electron chi connectivity index (χ4n) is 3.18. The third-order valence-electron chi connectivity index (χ3n) is 3.15. The van der Waals surface area contributed by atoms with Crippen LogP contribution in [0.3, 0.4) is 0 Å². The zero-order chi connectivity index (χ0) is 8.11. The molecule has 0 aromatic rings. The van der Waals surface area contributed by atoms with Crippen LogP contribution in [0.4, 0.5) is 0 Å². The minimum atomic E-state index is 0. The van der Waals surface area contributed by atoms with Crippen LogP contribution >= 0.6 is 0 Å². The van der Waals surface area contributed by atoms with E-state index in [2.05, 4.69) is 26.1 Å². The number of nitrogens with zero attached hydrogens (tertiary/aromatic N) is 1. The summed E-state index contributed by atoms with van der Waals surface area (Å²) in [5, 5.41) is 4.67. The monoisotopic (exact) mass is 159 g/mol. The summed E-state index contributed by atoms with van der Waals surface area (Å²) >= 11 is 0. The molecule has 2 bridgehead atoms. The van der Waals surface area contributed by atoms with Gasteiger partial charge >= 0.3 is 18.9 Å². The predicted molar refractivity (Wildman–Crippen MR) is 47.8 cm³/mol. The Kier molecular flexibility index (Phi) is 2.70. The maximum atomic E-state index is 4.67. The zero-order valence-corrected chi connectivity index (χ0v) is 8.85. The van der Waals surface area contributed by atoms with Crippen LogP contribution in [-0.4, -0.2) is 12.6 Å². The Morgan fingerprint density at radius 2 is 1.83 bits per heavy atom. The van der Waals surface area contributed by atoms with Gasteiger partial charge in [0.1, 0.15) is 0 Å². The van der Waals surface area contributed by atoms with Crippen molar-refractivity contribution in [2.75, 3.05) is 6.54 Å². The Labute approximate surface area is 87.9 Å². The Hall–Kier alpha value is 0.557. The molecule has 0 N–H and O–H groups in total. The van der Waals surface area contributed by atoms with E-state index in [9.17, 15) is 0 Å². The fourth-order valence-corrected chi connectivity index (χ4v) is 3.18. The number of hydrogen-bond acceptors (Lipinski definition) is 0. The van der Waals surface area contributed by atoms with Crippen molar-refractivity contribution in [1.82, 2.24) is 0 Å². The second kappa shape index (κ2) is 3.05. The van der Waals surface area contributed by atoms with E-state index < -0.39 is 0 Å². The van der Waals surface area contributed by atoms with Gasteiger partial charge in [-0.25, -0.2) is 0 Å². The van der Waals surface area contributed by atoms with Gasteiger partial charge in [0.05, 0.1) is 0 Å². The Morgan fingerprint density at radius 1 is 1.17 bits per heavy atom. The van der Waals surface area contributed by atoms with Gasteiger partial charge in [-0.15, -0.1) is 12.6 Å². The van der Waals surface area contributed by atoms with Crippen LogP contribution < -0.4 is 18.9 Å². The topological polar surface area (TPSA) is 14.1 Å². The maximum absolute atomic E-state index is 4.67. The summed E-state index contributed by atoms with van der Waals surface area (Å²) < 4.78 is 0. The van der Waals surface area contributed by atoms with E-state index >= 15 is 0 Å². The van der Waals surface area contributed by atoms with Gasteiger partial charge in [0, 0.05) is 0 Å². The molecule has 2 heteroatoms. The minimum Gasteiger partial charge on any atom is -0.659 e. The van der Waals surface area contributed by atoms with Crippen molar-refractivity contribution < 1.29 is 18.9 Å². The van der Waals surface area contributed by atoms with Crippen LogP contribution in [0.2, 0.25) is 0 Å². The second-order valence-electron chi connectivity index (χ2n) is 5.55. The van der Waals surface area contributed by atoms with Gasteiger partial charge in [-0.2, -0.15) is 0 Å². The number of rotatable bonds is 0. The molecule has 0 aromatic carbocycles. The number of fused-ring (bicyclic) bond motifs is 2. The molecular formula is C10H18LiN. The first-order chi connectivity index (χ1) is 4.99. The summed E-state index contributed by atoms with van der Waals surface area (Å²) in [6.07, 6.45) is 4.05. The van der Waals surface area contributed by atoms with Crippen LogP contribution in [0.15, 0.2) is 0 Å². The molecule has 1 aliphatic carbocycles. The summed E-state index contributed by atoms with van der Waals surface area (Å²) in [5.74, 6) is 0. The van der Waals surface area contributed by atoms with Crippen LogP contribution in [0.1, 0.15) is 40.0 Å². The van der Waals surface area contributed by atoms with Crippen molar-refractivity contribution in [3.8, 4) is 0 Å². The van der Waals surface area contributed by atoms with Crippen LogP contribution in [0, 0.1) is 10.8 Å². The smallest absolute Gasteiger partial charge is 0.659 e. The summed E-state index contributed by atoms with van der Waals surface area (Å²) in [6, 6.07) is 0.698. The van der Waals surface area contributed by atoms with Crippen molar-refractivity contribution in [3.05, 3.63) is 5.32 Å². The van der Waals surface area contributed by atoms with Gasteiger partial charge in [-0.05, 0) is 11.8 Å². The normalized spacial score (nSPS) is 43.8. The Bertz CT molecular complexity index is 179. The fraction of sp³-hybridized carbons (Fsp3) is 1.00.